The van der Waals surface area contributed by atoms with Gasteiger partial charge in [-0.1, -0.05) is 0 Å². The van der Waals surface area contributed by atoms with Gasteiger partial charge in [0.25, 0.3) is 0 Å². The van der Waals surface area contributed by atoms with Gasteiger partial charge in [0.2, 0.25) is 0 Å². The van der Waals surface area contributed by atoms with Crippen LogP contribution in [0.3, 0.4) is 0 Å². The molecule has 2 N–H and O–H groups in total. The number of hydrogen-bond acceptors (Lipinski definition) is 5. The van der Waals surface area contributed by atoms with Crippen LogP contribution in [-0.2, 0) is 11.8 Å². The van der Waals surface area contributed by atoms with E-state index in [0.717, 1.165) is 19.4 Å². The molecule has 0 aromatic carbocycles. The van der Waals surface area contributed by atoms with Gasteiger partial charge < -0.3 is 15.2 Å². The van der Waals surface area contributed by atoms with Crippen molar-refractivity contribution in [2.45, 2.75) is 25.3 Å². The lowest BCUT2D eigenvalue weighted by atomic mass is 9.94. The minimum absolute atomic E-state index is 0.155. The van der Waals surface area contributed by atoms with Crippen LogP contribution in [0.2, 0.25) is 0 Å². The van der Waals surface area contributed by atoms with E-state index < -0.39 is 5.97 Å². The lowest BCUT2D eigenvalue weighted by Gasteiger charge is -2.35. The van der Waals surface area contributed by atoms with E-state index in [-0.39, 0.29) is 11.1 Å². The number of ether oxygens (including phenoxy) is 1. The summed E-state index contributed by atoms with van der Waals surface area (Å²) < 4.78 is 7.16. The number of anilines is 1. The normalized spacial score (nSPS) is 22.4. The number of aromatic carboxylic acids is 1. The van der Waals surface area contributed by atoms with Crippen LogP contribution < -0.4 is 5.32 Å². The fourth-order valence-corrected chi connectivity index (χ4v) is 2.73. The van der Waals surface area contributed by atoms with E-state index in [1.165, 1.54) is 6.20 Å². The molecule has 0 amide bonds. The van der Waals surface area contributed by atoms with Gasteiger partial charge >= 0.3 is 5.97 Å². The van der Waals surface area contributed by atoms with Gasteiger partial charge in [0.1, 0.15) is 5.56 Å². The molecule has 0 spiro atoms. The SMILES string of the molecule is Cn1ncc2c(NC3(C)CCCOC3)c(C(=O)O)cnc21. The summed E-state index contributed by atoms with van der Waals surface area (Å²) >= 11 is 0. The van der Waals surface area contributed by atoms with Gasteiger partial charge in [0.15, 0.2) is 5.65 Å². The van der Waals surface area contributed by atoms with E-state index in [1.807, 2.05) is 6.92 Å². The van der Waals surface area contributed by atoms with E-state index in [1.54, 1.807) is 17.9 Å². The molecule has 1 aliphatic heterocycles. The van der Waals surface area contributed by atoms with Crippen LogP contribution in [-0.4, -0.2) is 44.6 Å². The average molecular weight is 290 g/mol. The number of fused-ring (bicyclic) bond motifs is 1. The molecule has 21 heavy (non-hydrogen) atoms. The van der Waals surface area contributed by atoms with Crippen molar-refractivity contribution >= 4 is 22.7 Å². The van der Waals surface area contributed by atoms with Crippen LogP contribution in [0.5, 0.6) is 0 Å². The Kier molecular flexibility index (Phi) is 3.29. The molecule has 2 aromatic rings. The third-order valence-electron chi connectivity index (χ3n) is 3.86. The summed E-state index contributed by atoms with van der Waals surface area (Å²) in [4.78, 5) is 15.7. The molecule has 0 saturated carbocycles. The zero-order valence-electron chi connectivity index (χ0n) is 12.1. The third-order valence-corrected chi connectivity index (χ3v) is 3.86. The summed E-state index contributed by atoms with van der Waals surface area (Å²) in [5.41, 5.74) is 1.09. The number of carbonyl (C=O) groups is 1. The first-order chi connectivity index (χ1) is 10.0. The number of aromatic nitrogens is 3. The van der Waals surface area contributed by atoms with Crippen LogP contribution >= 0.6 is 0 Å². The molecule has 0 aliphatic carbocycles. The molecule has 1 atom stereocenters. The molecular weight excluding hydrogens is 272 g/mol. The fourth-order valence-electron chi connectivity index (χ4n) is 2.73. The summed E-state index contributed by atoms with van der Waals surface area (Å²) in [7, 11) is 1.78. The highest BCUT2D eigenvalue weighted by Crippen LogP contribution is 2.31. The molecule has 1 fully saturated rings. The average Bonchev–Trinajstić information content (AvgIpc) is 2.81. The maximum absolute atomic E-state index is 11.5. The Hall–Kier alpha value is -2.15. The highest BCUT2D eigenvalue weighted by molar-refractivity contribution is 6.03. The van der Waals surface area contributed by atoms with Crippen molar-refractivity contribution < 1.29 is 14.6 Å². The van der Waals surface area contributed by atoms with Gasteiger partial charge in [-0.2, -0.15) is 5.10 Å². The summed E-state index contributed by atoms with van der Waals surface area (Å²) in [6.45, 7) is 3.35. The number of pyridine rings is 1. The minimum Gasteiger partial charge on any atom is -0.478 e. The van der Waals surface area contributed by atoms with Crippen LogP contribution in [0.25, 0.3) is 11.0 Å². The largest absolute Gasteiger partial charge is 0.478 e. The smallest absolute Gasteiger partial charge is 0.339 e. The van der Waals surface area contributed by atoms with Gasteiger partial charge in [0, 0.05) is 19.9 Å². The first-order valence-electron chi connectivity index (χ1n) is 6.90. The molecule has 3 heterocycles. The molecule has 7 nitrogen and oxygen atoms in total. The maximum Gasteiger partial charge on any atom is 0.339 e. The molecule has 112 valence electrons. The molecule has 1 aliphatic rings. The molecule has 1 unspecified atom stereocenters. The van der Waals surface area contributed by atoms with Crippen molar-refractivity contribution in [1.82, 2.24) is 14.8 Å². The molecule has 3 rings (SSSR count). The second-order valence-electron chi connectivity index (χ2n) is 5.70. The summed E-state index contributed by atoms with van der Waals surface area (Å²) in [5, 5.41) is 17.6. The van der Waals surface area contributed by atoms with Crippen LogP contribution in [0, 0.1) is 0 Å². The Balaban J connectivity index is 2.09. The van der Waals surface area contributed by atoms with Gasteiger partial charge in [-0.25, -0.2) is 9.78 Å². The van der Waals surface area contributed by atoms with Gasteiger partial charge in [-0.15, -0.1) is 0 Å². The molecule has 0 bridgehead atoms. The van der Waals surface area contributed by atoms with Crippen molar-refractivity contribution in [3.63, 3.8) is 0 Å². The maximum atomic E-state index is 11.5. The van der Waals surface area contributed by atoms with Crippen molar-refractivity contribution in [3.8, 4) is 0 Å². The Labute approximate surface area is 121 Å². The zero-order valence-corrected chi connectivity index (χ0v) is 12.1. The lowest BCUT2D eigenvalue weighted by molar-refractivity contribution is 0.0539. The molecule has 0 radical (unpaired) electrons. The highest BCUT2D eigenvalue weighted by Gasteiger charge is 2.30. The lowest BCUT2D eigenvalue weighted by Crippen LogP contribution is -2.43. The third kappa shape index (κ3) is 2.44. The Morgan fingerprint density at radius 3 is 3.00 bits per heavy atom. The molecule has 7 heteroatoms. The molecular formula is C14H18N4O3. The van der Waals surface area contributed by atoms with Crippen molar-refractivity contribution in [2.24, 2.45) is 7.05 Å². The van der Waals surface area contributed by atoms with E-state index >= 15 is 0 Å². The van der Waals surface area contributed by atoms with Crippen LogP contribution in [0.1, 0.15) is 30.1 Å². The Morgan fingerprint density at radius 2 is 2.33 bits per heavy atom. The standard InChI is InChI=1S/C14H18N4O3/c1-14(4-3-5-21-8-14)17-11-9-7-16-18(2)12(9)15-6-10(11)13(19)20/h6-7H,3-5,8H2,1-2H3,(H,15,17)(H,19,20). The summed E-state index contributed by atoms with van der Waals surface area (Å²) in [5.74, 6) is -1.00. The number of carboxylic acids is 1. The van der Waals surface area contributed by atoms with Gasteiger partial charge in [-0.05, 0) is 19.8 Å². The number of aryl methyl sites for hydroxylation is 1. The molecule has 2 aromatic heterocycles. The fraction of sp³-hybridized carbons (Fsp3) is 0.500. The van der Waals surface area contributed by atoms with E-state index in [2.05, 4.69) is 15.4 Å². The minimum atomic E-state index is -1.00. The summed E-state index contributed by atoms with van der Waals surface area (Å²) in [6.07, 6.45) is 4.90. The number of carboxylic acid groups (broad SMARTS) is 1. The number of hydrogen-bond donors (Lipinski definition) is 2. The van der Waals surface area contributed by atoms with Crippen molar-refractivity contribution in [1.29, 1.82) is 0 Å². The number of rotatable bonds is 3. The highest BCUT2D eigenvalue weighted by atomic mass is 16.5. The van der Waals surface area contributed by atoms with E-state index in [9.17, 15) is 9.90 Å². The van der Waals surface area contributed by atoms with E-state index in [0.29, 0.717) is 23.3 Å². The predicted octanol–water partition coefficient (Wildman–Crippen LogP) is 1.65. The summed E-state index contributed by atoms with van der Waals surface area (Å²) in [6, 6.07) is 0. The van der Waals surface area contributed by atoms with Crippen LogP contribution in [0.4, 0.5) is 5.69 Å². The Morgan fingerprint density at radius 1 is 1.52 bits per heavy atom. The van der Waals surface area contributed by atoms with E-state index in [4.69, 9.17) is 4.74 Å². The van der Waals surface area contributed by atoms with Crippen LogP contribution in [0.15, 0.2) is 12.4 Å². The zero-order chi connectivity index (χ0) is 15.0. The monoisotopic (exact) mass is 290 g/mol. The first-order valence-corrected chi connectivity index (χ1v) is 6.90. The van der Waals surface area contributed by atoms with Gasteiger partial charge in [0.05, 0.1) is 29.4 Å². The first kappa shape index (κ1) is 13.8. The predicted molar refractivity (Wildman–Crippen MR) is 77.5 cm³/mol. The number of nitrogens with zero attached hydrogens (tertiary/aromatic N) is 3. The Bertz CT molecular complexity index is 689. The van der Waals surface area contributed by atoms with Gasteiger partial charge in [-0.3, -0.25) is 4.68 Å². The molecule has 1 saturated heterocycles. The quantitative estimate of drug-likeness (QED) is 0.893. The van der Waals surface area contributed by atoms with Crippen molar-refractivity contribution in [3.05, 3.63) is 18.0 Å². The second-order valence-corrected chi connectivity index (χ2v) is 5.70. The second kappa shape index (κ2) is 5.00. The van der Waals surface area contributed by atoms with Crippen molar-refractivity contribution in [2.75, 3.05) is 18.5 Å². The number of nitrogens with one attached hydrogen (secondary N) is 1. The topological polar surface area (TPSA) is 89.3 Å².